The predicted octanol–water partition coefficient (Wildman–Crippen LogP) is 1.16. The van der Waals surface area contributed by atoms with Gasteiger partial charge in [-0.2, -0.15) is 8.78 Å². The second-order valence-electron chi connectivity index (χ2n) is 4.24. The molecule has 0 aliphatic rings. The molecule has 0 aromatic rings. The molecule has 1 amide bonds. The summed E-state index contributed by atoms with van der Waals surface area (Å²) in [6.45, 7) is 5.32. The Labute approximate surface area is 82.5 Å². The molecule has 1 atom stereocenters. The molecule has 5 heteroatoms. The van der Waals surface area contributed by atoms with Crippen molar-refractivity contribution in [1.29, 1.82) is 0 Å². The summed E-state index contributed by atoms with van der Waals surface area (Å²) in [4.78, 5) is 10.7. The molecule has 0 fully saturated rings. The molecule has 84 valence electrons. The number of aliphatic hydroxyl groups is 1. The zero-order chi connectivity index (χ0) is 11.4. The Balaban J connectivity index is 4.31. The fourth-order valence-electron chi connectivity index (χ4n) is 1.09. The van der Waals surface area contributed by atoms with Crippen molar-refractivity contribution in [1.82, 2.24) is 5.32 Å². The van der Waals surface area contributed by atoms with Gasteiger partial charge in [0.25, 0.3) is 5.91 Å². The fourth-order valence-corrected chi connectivity index (χ4v) is 1.09. The van der Waals surface area contributed by atoms with E-state index in [0.717, 1.165) is 0 Å². The van der Waals surface area contributed by atoms with Gasteiger partial charge in [-0.05, 0) is 11.8 Å². The van der Waals surface area contributed by atoms with Crippen LogP contribution in [0.25, 0.3) is 0 Å². The molecule has 0 spiro atoms. The highest BCUT2D eigenvalue weighted by Gasteiger charge is 2.28. The summed E-state index contributed by atoms with van der Waals surface area (Å²) >= 11 is 0. The van der Waals surface area contributed by atoms with E-state index in [1.165, 1.54) is 0 Å². The van der Waals surface area contributed by atoms with Crippen LogP contribution in [-0.4, -0.2) is 30.1 Å². The first-order chi connectivity index (χ1) is 6.29. The molecule has 0 rings (SSSR count). The Morgan fingerprint density at radius 3 is 2.21 bits per heavy atom. The third-order valence-electron chi connectivity index (χ3n) is 1.98. The lowest BCUT2D eigenvalue weighted by atomic mass is 9.85. The molecule has 14 heavy (non-hydrogen) atoms. The van der Waals surface area contributed by atoms with Crippen LogP contribution in [0.4, 0.5) is 8.78 Å². The van der Waals surface area contributed by atoms with E-state index >= 15 is 0 Å². The molecule has 1 unspecified atom stereocenters. The Bertz CT molecular complexity index is 190. The highest BCUT2D eigenvalue weighted by molar-refractivity contribution is 5.79. The second-order valence-corrected chi connectivity index (χ2v) is 4.24. The van der Waals surface area contributed by atoms with E-state index in [1.54, 1.807) is 0 Å². The van der Waals surface area contributed by atoms with Crippen molar-refractivity contribution >= 4 is 5.91 Å². The van der Waals surface area contributed by atoms with Crippen LogP contribution in [-0.2, 0) is 4.79 Å². The number of carbonyl (C=O) groups excluding carboxylic acids is 1. The number of halogens is 2. The molecule has 0 aromatic heterocycles. The third-order valence-corrected chi connectivity index (χ3v) is 1.98. The van der Waals surface area contributed by atoms with Gasteiger partial charge in [-0.15, -0.1) is 0 Å². The van der Waals surface area contributed by atoms with Gasteiger partial charge in [0.2, 0.25) is 0 Å². The van der Waals surface area contributed by atoms with E-state index in [-0.39, 0.29) is 18.4 Å². The Hall–Kier alpha value is -0.710. The van der Waals surface area contributed by atoms with Gasteiger partial charge in [0.05, 0.1) is 0 Å². The maximum absolute atomic E-state index is 11.9. The summed E-state index contributed by atoms with van der Waals surface area (Å²) in [5, 5.41) is 10.9. The topological polar surface area (TPSA) is 49.3 Å². The summed E-state index contributed by atoms with van der Waals surface area (Å²) in [6, 6.07) is -0.436. The van der Waals surface area contributed by atoms with Crippen molar-refractivity contribution in [2.45, 2.75) is 39.7 Å². The quantitative estimate of drug-likeness (QED) is 0.730. The molecule has 0 saturated heterocycles. The largest absolute Gasteiger partial charge is 0.396 e. The van der Waals surface area contributed by atoms with Crippen LogP contribution in [0.1, 0.15) is 27.2 Å². The van der Waals surface area contributed by atoms with Gasteiger partial charge in [0, 0.05) is 12.6 Å². The first-order valence-electron chi connectivity index (χ1n) is 4.48. The van der Waals surface area contributed by atoms with Crippen LogP contribution in [0.15, 0.2) is 0 Å². The summed E-state index contributed by atoms with van der Waals surface area (Å²) in [5.74, 6) is -1.28. The molecule has 0 saturated carbocycles. The zero-order valence-corrected chi connectivity index (χ0v) is 8.68. The van der Waals surface area contributed by atoms with Crippen molar-refractivity contribution < 1.29 is 18.7 Å². The van der Waals surface area contributed by atoms with Crippen LogP contribution in [0.2, 0.25) is 0 Å². The van der Waals surface area contributed by atoms with Gasteiger partial charge < -0.3 is 10.4 Å². The molecule has 0 aliphatic heterocycles. The van der Waals surface area contributed by atoms with E-state index in [4.69, 9.17) is 5.11 Å². The lowest BCUT2D eigenvalue weighted by molar-refractivity contribution is -0.133. The molecule has 0 aromatic carbocycles. The summed E-state index contributed by atoms with van der Waals surface area (Å²) in [6.07, 6.45) is -2.72. The predicted molar refractivity (Wildman–Crippen MR) is 49.1 cm³/mol. The average molecular weight is 209 g/mol. The molecule has 0 bridgehead atoms. The monoisotopic (exact) mass is 209 g/mol. The van der Waals surface area contributed by atoms with E-state index in [1.807, 2.05) is 20.8 Å². The number of carbonyl (C=O) groups is 1. The van der Waals surface area contributed by atoms with Crippen LogP contribution >= 0.6 is 0 Å². The molecule has 0 aliphatic carbocycles. The summed E-state index contributed by atoms with van der Waals surface area (Å²) in [5.41, 5.74) is -0.340. The molecular weight excluding hydrogens is 192 g/mol. The fraction of sp³-hybridized carbons (Fsp3) is 0.889. The minimum absolute atomic E-state index is 0.133. The number of hydrogen-bond donors (Lipinski definition) is 2. The lowest BCUT2D eigenvalue weighted by Gasteiger charge is -2.30. The third kappa shape index (κ3) is 4.50. The van der Waals surface area contributed by atoms with Gasteiger partial charge in [0.1, 0.15) is 0 Å². The van der Waals surface area contributed by atoms with Crippen molar-refractivity contribution in [2.24, 2.45) is 5.41 Å². The smallest absolute Gasteiger partial charge is 0.315 e. The maximum Gasteiger partial charge on any atom is 0.315 e. The van der Waals surface area contributed by atoms with Crippen molar-refractivity contribution in [3.05, 3.63) is 0 Å². The summed E-state index contributed by atoms with van der Waals surface area (Å²) < 4.78 is 23.9. The highest BCUT2D eigenvalue weighted by atomic mass is 19.3. The summed E-state index contributed by atoms with van der Waals surface area (Å²) in [7, 11) is 0. The molecule has 2 N–H and O–H groups in total. The average Bonchev–Trinajstić information content (AvgIpc) is 2.01. The second kappa shape index (κ2) is 5.24. The van der Waals surface area contributed by atoms with Gasteiger partial charge >= 0.3 is 6.43 Å². The SMILES string of the molecule is CC(C)(C)C(CCO)NC(=O)C(F)F. The molecule has 0 heterocycles. The minimum Gasteiger partial charge on any atom is -0.396 e. The molecule has 0 radical (unpaired) electrons. The van der Waals surface area contributed by atoms with Gasteiger partial charge in [0.15, 0.2) is 0 Å². The minimum atomic E-state index is -3.00. The normalized spacial score (nSPS) is 14.2. The number of hydrogen-bond acceptors (Lipinski definition) is 2. The first kappa shape index (κ1) is 13.3. The lowest BCUT2D eigenvalue weighted by Crippen LogP contribution is -2.46. The van der Waals surface area contributed by atoms with E-state index < -0.39 is 18.4 Å². The number of amides is 1. The van der Waals surface area contributed by atoms with Crippen molar-refractivity contribution in [2.75, 3.05) is 6.61 Å². The highest BCUT2D eigenvalue weighted by Crippen LogP contribution is 2.21. The number of rotatable bonds is 4. The Morgan fingerprint density at radius 2 is 1.93 bits per heavy atom. The van der Waals surface area contributed by atoms with Crippen molar-refractivity contribution in [3.8, 4) is 0 Å². The zero-order valence-electron chi connectivity index (χ0n) is 8.68. The van der Waals surface area contributed by atoms with E-state index in [0.29, 0.717) is 0 Å². The van der Waals surface area contributed by atoms with E-state index in [9.17, 15) is 13.6 Å². The van der Waals surface area contributed by atoms with Crippen LogP contribution in [0, 0.1) is 5.41 Å². The molecular formula is C9H17F2NO2. The Kier molecular flexibility index (Phi) is 4.97. The maximum atomic E-state index is 11.9. The number of aliphatic hydroxyl groups excluding tert-OH is 1. The molecule has 3 nitrogen and oxygen atoms in total. The van der Waals surface area contributed by atoms with E-state index in [2.05, 4.69) is 5.32 Å². The number of alkyl halides is 2. The van der Waals surface area contributed by atoms with Crippen LogP contribution in [0.3, 0.4) is 0 Å². The van der Waals surface area contributed by atoms with Gasteiger partial charge in [-0.25, -0.2) is 0 Å². The number of nitrogens with one attached hydrogen (secondary N) is 1. The van der Waals surface area contributed by atoms with Crippen molar-refractivity contribution in [3.63, 3.8) is 0 Å². The standard InChI is InChI=1S/C9H17F2NO2/c1-9(2,3)6(4-5-13)12-8(14)7(10)11/h6-7,13H,4-5H2,1-3H3,(H,12,14). The Morgan fingerprint density at radius 1 is 1.43 bits per heavy atom. The van der Waals surface area contributed by atoms with Gasteiger partial charge in [-0.1, -0.05) is 20.8 Å². The van der Waals surface area contributed by atoms with Crippen LogP contribution < -0.4 is 5.32 Å². The van der Waals surface area contributed by atoms with Gasteiger partial charge in [-0.3, -0.25) is 4.79 Å². The first-order valence-corrected chi connectivity index (χ1v) is 4.48. The van der Waals surface area contributed by atoms with Crippen LogP contribution in [0.5, 0.6) is 0 Å².